The fraction of sp³-hybridized carbons (Fsp3) is 0.941. The second-order valence-electron chi connectivity index (χ2n) is 7.03. The Morgan fingerprint density at radius 1 is 1.24 bits per heavy atom. The van der Waals surface area contributed by atoms with Gasteiger partial charge in [-0.2, -0.15) is 0 Å². The largest absolute Gasteiger partial charge is 0.469 e. The van der Waals surface area contributed by atoms with Crippen molar-refractivity contribution in [3.8, 4) is 0 Å². The Morgan fingerprint density at radius 2 is 1.95 bits per heavy atom. The van der Waals surface area contributed by atoms with Gasteiger partial charge < -0.3 is 9.47 Å². The molecule has 122 valence electrons. The lowest BCUT2D eigenvalue weighted by atomic mass is 9.79. The molecule has 0 aromatic rings. The van der Waals surface area contributed by atoms with Crippen LogP contribution in [0.1, 0.15) is 52.4 Å². The number of nitrogens with zero attached hydrogens (tertiary/aromatic N) is 1. The number of ether oxygens (including phenoxy) is 2. The number of carbonyl (C=O) groups is 1. The summed E-state index contributed by atoms with van der Waals surface area (Å²) < 4.78 is 10.6. The zero-order valence-electron chi connectivity index (χ0n) is 13.8. The molecule has 0 radical (unpaired) electrons. The summed E-state index contributed by atoms with van der Waals surface area (Å²) in [5.41, 5.74) is 0. The molecule has 1 aliphatic carbocycles. The van der Waals surface area contributed by atoms with E-state index < -0.39 is 0 Å². The minimum Gasteiger partial charge on any atom is -0.469 e. The first kappa shape index (κ1) is 16.8. The Bertz CT molecular complexity index is 318. The molecule has 1 aliphatic heterocycles. The highest BCUT2D eigenvalue weighted by molar-refractivity contribution is 5.69. The molecule has 4 nitrogen and oxygen atoms in total. The van der Waals surface area contributed by atoms with Crippen LogP contribution in [0.5, 0.6) is 0 Å². The molecule has 3 unspecified atom stereocenters. The summed E-state index contributed by atoms with van der Waals surface area (Å²) in [6.45, 7) is 7.38. The predicted molar refractivity (Wildman–Crippen MR) is 83.1 cm³/mol. The summed E-state index contributed by atoms with van der Waals surface area (Å²) in [5, 5.41) is 0. The number of methoxy groups -OCH3 is 1. The Balaban J connectivity index is 1.93. The van der Waals surface area contributed by atoms with E-state index in [9.17, 15) is 4.79 Å². The predicted octanol–water partition coefficient (Wildman–Crippen LogP) is 2.86. The zero-order valence-corrected chi connectivity index (χ0v) is 13.8. The molecular formula is C17H31NO3. The van der Waals surface area contributed by atoms with E-state index in [0.29, 0.717) is 18.6 Å². The van der Waals surface area contributed by atoms with Crippen LogP contribution in [-0.2, 0) is 14.3 Å². The summed E-state index contributed by atoms with van der Waals surface area (Å²) >= 11 is 0. The van der Waals surface area contributed by atoms with Gasteiger partial charge in [0.1, 0.15) is 0 Å². The highest BCUT2D eigenvalue weighted by Gasteiger charge is 2.30. The molecule has 0 N–H and O–H groups in total. The number of rotatable bonds is 6. The van der Waals surface area contributed by atoms with Gasteiger partial charge in [-0.15, -0.1) is 0 Å². The van der Waals surface area contributed by atoms with E-state index in [2.05, 4.69) is 18.7 Å². The molecule has 2 rings (SSSR count). The summed E-state index contributed by atoms with van der Waals surface area (Å²) in [4.78, 5) is 14.0. The number of carbonyl (C=O) groups excluding carboxylic acids is 1. The second kappa shape index (κ2) is 8.14. The van der Waals surface area contributed by atoms with Gasteiger partial charge >= 0.3 is 5.97 Å². The van der Waals surface area contributed by atoms with Crippen LogP contribution >= 0.6 is 0 Å². The Kier molecular flexibility index (Phi) is 6.49. The molecule has 1 saturated carbocycles. The third-order valence-corrected chi connectivity index (χ3v) is 4.96. The van der Waals surface area contributed by atoms with Crippen molar-refractivity contribution in [2.75, 3.05) is 26.8 Å². The first-order chi connectivity index (χ1) is 10.1. The molecule has 0 amide bonds. The van der Waals surface area contributed by atoms with E-state index in [1.54, 1.807) is 0 Å². The number of hydrogen-bond donors (Lipinski definition) is 0. The SMILES string of the molecule is COC(=O)CCN(CC1CCCO1)C1CC(C)CC(C)C1. The molecule has 21 heavy (non-hydrogen) atoms. The van der Waals surface area contributed by atoms with Gasteiger partial charge in [-0.05, 0) is 43.9 Å². The summed E-state index contributed by atoms with van der Waals surface area (Å²) in [6.07, 6.45) is 7.01. The van der Waals surface area contributed by atoms with E-state index in [0.717, 1.165) is 38.0 Å². The Morgan fingerprint density at radius 3 is 2.52 bits per heavy atom. The van der Waals surface area contributed by atoms with Gasteiger partial charge in [-0.25, -0.2) is 0 Å². The topological polar surface area (TPSA) is 38.8 Å². The van der Waals surface area contributed by atoms with E-state index in [1.807, 2.05) is 0 Å². The van der Waals surface area contributed by atoms with Crippen molar-refractivity contribution in [1.29, 1.82) is 0 Å². The van der Waals surface area contributed by atoms with Gasteiger partial charge in [0.2, 0.25) is 0 Å². The molecule has 3 atom stereocenters. The molecule has 1 saturated heterocycles. The van der Waals surface area contributed by atoms with Gasteiger partial charge in [-0.3, -0.25) is 9.69 Å². The van der Waals surface area contributed by atoms with Gasteiger partial charge in [0, 0.05) is 25.7 Å². The third kappa shape index (κ3) is 5.26. The maximum atomic E-state index is 11.5. The molecule has 2 fully saturated rings. The summed E-state index contributed by atoms with van der Waals surface area (Å²) in [7, 11) is 1.47. The van der Waals surface area contributed by atoms with Crippen molar-refractivity contribution in [2.24, 2.45) is 11.8 Å². The minimum atomic E-state index is -0.107. The van der Waals surface area contributed by atoms with Crippen molar-refractivity contribution >= 4 is 5.97 Å². The average Bonchev–Trinajstić information content (AvgIpc) is 2.94. The van der Waals surface area contributed by atoms with Crippen LogP contribution in [0, 0.1) is 11.8 Å². The van der Waals surface area contributed by atoms with Crippen LogP contribution < -0.4 is 0 Å². The Hall–Kier alpha value is -0.610. The maximum absolute atomic E-state index is 11.5. The lowest BCUT2D eigenvalue weighted by Gasteiger charge is -2.40. The first-order valence-electron chi connectivity index (χ1n) is 8.51. The summed E-state index contributed by atoms with van der Waals surface area (Å²) in [6, 6.07) is 0.595. The van der Waals surface area contributed by atoms with Crippen LogP contribution in [0.25, 0.3) is 0 Å². The zero-order chi connectivity index (χ0) is 15.2. The number of hydrogen-bond acceptors (Lipinski definition) is 4. The average molecular weight is 297 g/mol. The van der Waals surface area contributed by atoms with Gasteiger partial charge in [0.15, 0.2) is 0 Å². The highest BCUT2D eigenvalue weighted by Crippen LogP contribution is 2.32. The van der Waals surface area contributed by atoms with Crippen LogP contribution in [0.4, 0.5) is 0 Å². The third-order valence-electron chi connectivity index (χ3n) is 4.96. The molecule has 0 aromatic carbocycles. The van der Waals surface area contributed by atoms with Gasteiger partial charge in [-0.1, -0.05) is 13.8 Å². The lowest BCUT2D eigenvalue weighted by Crippen LogP contribution is -2.45. The fourth-order valence-corrected chi connectivity index (χ4v) is 4.01. The molecule has 4 heteroatoms. The minimum absolute atomic E-state index is 0.107. The maximum Gasteiger partial charge on any atom is 0.306 e. The fourth-order valence-electron chi connectivity index (χ4n) is 4.01. The smallest absolute Gasteiger partial charge is 0.306 e. The monoisotopic (exact) mass is 297 g/mol. The quantitative estimate of drug-likeness (QED) is 0.707. The van der Waals surface area contributed by atoms with E-state index in [-0.39, 0.29) is 5.97 Å². The van der Waals surface area contributed by atoms with E-state index in [4.69, 9.17) is 9.47 Å². The Labute approximate surface area is 129 Å². The normalized spacial score (nSPS) is 33.3. The van der Waals surface area contributed by atoms with Gasteiger partial charge in [0.05, 0.1) is 19.6 Å². The van der Waals surface area contributed by atoms with Crippen LogP contribution in [0.2, 0.25) is 0 Å². The van der Waals surface area contributed by atoms with Crippen molar-refractivity contribution in [3.05, 3.63) is 0 Å². The van der Waals surface area contributed by atoms with E-state index in [1.165, 1.54) is 32.8 Å². The van der Waals surface area contributed by atoms with Crippen molar-refractivity contribution in [1.82, 2.24) is 4.90 Å². The van der Waals surface area contributed by atoms with Crippen molar-refractivity contribution in [2.45, 2.75) is 64.5 Å². The van der Waals surface area contributed by atoms with Crippen LogP contribution in [-0.4, -0.2) is 49.8 Å². The second-order valence-corrected chi connectivity index (χ2v) is 7.03. The molecule has 0 bridgehead atoms. The van der Waals surface area contributed by atoms with Crippen molar-refractivity contribution < 1.29 is 14.3 Å². The highest BCUT2D eigenvalue weighted by atomic mass is 16.5. The molecule has 1 heterocycles. The molecular weight excluding hydrogens is 266 g/mol. The van der Waals surface area contributed by atoms with Crippen LogP contribution in [0.3, 0.4) is 0 Å². The standard InChI is InChI=1S/C17H31NO3/c1-13-9-14(2)11-15(10-13)18(7-6-17(19)20-3)12-16-5-4-8-21-16/h13-16H,4-12H2,1-3H3. The first-order valence-corrected chi connectivity index (χ1v) is 8.51. The summed E-state index contributed by atoms with van der Waals surface area (Å²) in [5.74, 6) is 1.46. The van der Waals surface area contributed by atoms with Gasteiger partial charge in [0.25, 0.3) is 0 Å². The number of esters is 1. The molecule has 0 spiro atoms. The van der Waals surface area contributed by atoms with Crippen molar-refractivity contribution in [3.63, 3.8) is 0 Å². The van der Waals surface area contributed by atoms with E-state index >= 15 is 0 Å². The van der Waals surface area contributed by atoms with Crippen LogP contribution in [0.15, 0.2) is 0 Å². The molecule has 0 aromatic heterocycles. The lowest BCUT2D eigenvalue weighted by molar-refractivity contribution is -0.141. The molecule has 2 aliphatic rings.